The Balaban J connectivity index is 1.84. The summed E-state index contributed by atoms with van der Waals surface area (Å²) in [6.45, 7) is 6.99. The van der Waals surface area contributed by atoms with E-state index in [0.717, 1.165) is 21.0 Å². The lowest BCUT2D eigenvalue weighted by Gasteiger charge is -2.35. The van der Waals surface area contributed by atoms with Crippen LogP contribution in [0.1, 0.15) is 37.5 Å². The Morgan fingerprint density at radius 3 is 2.07 bits per heavy atom. The number of hydrogen-bond donors (Lipinski definition) is 1. The largest absolute Gasteiger partial charge is 0.350 e. The van der Waals surface area contributed by atoms with Crippen LogP contribution in [0.15, 0.2) is 108 Å². The lowest BCUT2D eigenvalue weighted by atomic mass is 10.0. The van der Waals surface area contributed by atoms with Crippen LogP contribution in [0.5, 0.6) is 0 Å². The van der Waals surface area contributed by atoms with Crippen LogP contribution in [-0.4, -0.2) is 43.3 Å². The number of halogens is 2. The van der Waals surface area contributed by atoms with Crippen LogP contribution in [0, 0.1) is 6.92 Å². The van der Waals surface area contributed by atoms with E-state index in [1.165, 1.54) is 29.2 Å². The molecule has 0 saturated heterocycles. The molecular formula is C35H37Cl2N3O4S. The summed E-state index contributed by atoms with van der Waals surface area (Å²) in [5, 5.41) is 3.38. The fourth-order valence-corrected chi connectivity index (χ4v) is 6.81. The summed E-state index contributed by atoms with van der Waals surface area (Å²) in [5.74, 6) is -0.942. The Kier molecular flexibility index (Phi) is 11.0. The third kappa shape index (κ3) is 9.10. The van der Waals surface area contributed by atoms with Gasteiger partial charge < -0.3 is 10.2 Å². The molecule has 1 N–H and O–H groups in total. The van der Waals surface area contributed by atoms with Gasteiger partial charge in [-0.05, 0) is 69.2 Å². The predicted molar refractivity (Wildman–Crippen MR) is 181 cm³/mol. The van der Waals surface area contributed by atoms with E-state index in [-0.39, 0.29) is 39.5 Å². The zero-order valence-corrected chi connectivity index (χ0v) is 28.0. The van der Waals surface area contributed by atoms with Crippen molar-refractivity contribution < 1.29 is 18.0 Å². The van der Waals surface area contributed by atoms with Crippen molar-refractivity contribution in [3.05, 3.63) is 130 Å². The molecule has 1 atom stereocenters. The average Bonchev–Trinajstić information content (AvgIpc) is 2.99. The third-order valence-corrected chi connectivity index (χ3v) is 9.32. The van der Waals surface area contributed by atoms with Gasteiger partial charge in [0, 0.05) is 23.5 Å². The summed E-state index contributed by atoms with van der Waals surface area (Å²) >= 11 is 12.8. The van der Waals surface area contributed by atoms with Gasteiger partial charge in [0.1, 0.15) is 12.6 Å². The molecule has 7 nitrogen and oxygen atoms in total. The van der Waals surface area contributed by atoms with Gasteiger partial charge in [-0.25, -0.2) is 8.42 Å². The molecule has 4 rings (SSSR count). The van der Waals surface area contributed by atoms with Crippen LogP contribution in [0.2, 0.25) is 10.0 Å². The van der Waals surface area contributed by atoms with Gasteiger partial charge in [-0.1, -0.05) is 102 Å². The summed E-state index contributed by atoms with van der Waals surface area (Å²) in [5.41, 5.74) is 2.10. The number of carbonyl (C=O) groups is 2. The standard InChI is InChI=1S/C35H37Cl2N3O4S/c1-25-12-11-15-27(20-25)23-39(32(34(42)38-35(2,3)4)21-26-13-7-5-8-14-26)33(41)24-40(31-22-28(36)18-19-30(31)37)45(43,44)29-16-9-6-10-17-29/h5-20,22,32H,21,23-24H2,1-4H3,(H,38,42)/t32-/m0/s1. The van der Waals surface area contributed by atoms with E-state index in [4.69, 9.17) is 23.2 Å². The van der Waals surface area contributed by atoms with E-state index in [1.807, 2.05) is 82.3 Å². The van der Waals surface area contributed by atoms with E-state index >= 15 is 0 Å². The molecule has 0 bridgehead atoms. The average molecular weight is 667 g/mol. The van der Waals surface area contributed by atoms with Gasteiger partial charge in [0.05, 0.1) is 15.6 Å². The molecule has 2 amide bonds. The van der Waals surface area contributed by atoms with Crippen molar-refractivity contribution in [2.45, 2.75) is 57.1 Å². The van der Waals surface area contributed by atoms with Crippen molar-refractivity contribution in [1.82, 2.24) is 10.2 Å². The maximum absolute atomic E-state index is 14.6. The summed E-state index contributed by atoms with van der Waals surface area (Å²) in [6.07, 6.45) is 0.212. The molecule has 0 aliphatic rings. The number of carbonyl (C=O) groups excluding carboxylic acids is 2. The summed E-state index contributed by atoms with van der Waals surface area (Å²) in [7, 11) is -4.29. The Hall–Kier alpha value is -3.85. The van der Waals surface area contributed by atoms with Crippen molar-refractivity contribution in [2.75, 3.05) is 10.8 Å². The summed E-state index contributed by atoms with van der Waals surface area (Å²) in [4.78, 5) is 30.0. The monoisotopic (exact) mass is 665 g/mol. The van der Waals surface area contributed by atoms with Gasteiger partial charge >= 0.3 is 0 Å². The number of aryl methyl sites for hydroxylation is 1. The molecule has 10 heteroatoms. The summed E-state index contributed by atoms with van der Waals surface area (Å²) in [6, 6.07) is 28.3. The van der Waals surface area contributed by atoms with Crippen LogP contribution < -0.4 is 9.62 Å². The van der Waals surface area contributed by atoms with E-state index in [2.05, 4.69) is 5.32 Å². The van der Waals surface area contributed by atoms with E-state index in [0.29, 0.717) is 0 Å². The summed E-state index contributed by atoms with van der Waals surface area (Å²) < 4.78 is 29.2. The molecule has 4 aromatic carbocycles. The number of sulfonamides is 1. The van der Waals surface area contributed by atoms with Crippen molar-refractivity contribution in [3.63, 3.8) is 0 Å². The molecule has 0 saturated carbocycles. The quantitative estimate of drug-likeness (QED) is 0.186. The molecule has 0 fully saturated rings. The third-order valence-electron chi connectivity index (χ3n) is 6.99. The first-order chi connectivity index (χ1) is 21.2. The number of benzene rings is 4. The lowest BCUT2D eigenvalue weighted by Crippen LogP contribution is -2.56. The van der Waals surface area contributed by atoms with E-state index < -0.39 is 34.1 Å². The Morgan fingerprint density at radius 1 is 0.822 bits per heavy atom. The van der Waals surface area contributed by atoms with Gasteiger partial charge in [-0.15, -0.1) is 0 Å². The molecule has 236 valence electrons. The molecule has 4 aromatic rings. The van der Waals surface area contributed by atoms with Crippen molar-refractivity contribution in [1.29, 1.82) is 0 Å². The van der Waals surface area contributed by atoms with E-state index in [9.17, 15) is 18.0 Å². The Morgan fingerprint density at radius 2 is 1.44 bits per heavy atom. The molecule has 45 heavy (non-hydrogen) atoms. The molecular weight excluding hydrogens is 629 g/mol. The van der Waals surface area contributed by atoms with Crippen LogP contribution in [-0.2, 0) is 32.6 Å². The fourth-order valence-electron chi connectivity index (χ4n) is 4.92. The van der Waals surface area contributed by atoms with Gasteiger partial charge in [-0.3, -0.25) is 13.9 Å². The first kappa shape index (κ1) is 34.0. The predicted octanol–water partition coefficient (Wildman–Crippen LogP) is 7.05. The van der Waals surface area contributed by atoms with Crippen molar-refractivity contribution >= 4 is 50.7 Å². The Bertz CT molecular complexity index is 1740. The first-order valence-corrected chi connectivity index (χ1v) is 16.7. The minimum atomic E-state index is -4.29. The van der Waals surface area contributed by atoms with Crippen LogP contribution in [0.4, 0.5) is 5.69 Å². The van der Waals surface area contributed by atoms with Gasteiger partial charge in [0.2, 0.25) is 11.8 Å². The first-order valence-electron chi connectivity index (χ1n) is 14.5. The van der Waals surface area contributed by atoms with Gasteiger partial charge in [-0.2, -0.15) is 0 Å². The topological polar surface area (TPSA) is 86.8 Å². The smallest absolute Gasteiger partial charge is 0.264 e. The Labute approximate surface area is 275 Å². The number of hydrogen-bond acceptors (Lipinski definition) is 4. The number of rotatable bonds is 11. The molecule has 0 radical (unpaired) electrons. The van der Waals surface area contributed by atoms with Crippen molar-refractivity contribution in [3.8, 4) is 0 Å². The van der Waals surface area contributed by atoms with Gasteiger partial charge in [0.15, 0.2) is 0 Å². The fraction of sp³-hybridized carbons (Fsp3) is 0.257. The zero-order valence-electron chi connectivity index (χ0n) is 25.7. The van der Waals surface area contributed by atoms with Crippen LogP contribution in [0.3, 0.4) is 0 Å². The second-order valence-electron chi connectivity index (χ2n) is 11.9. The zero-order chi connectivity index (χ0) is 32.8. The second-order valence-corrected chi connectivity index (χ2v) is 14.6. The lowest BCUT2D eigenvalue weighted by molar-refractivity contribution is -0.140. The van der Waals surface area contributed by atoms with Crippen molar-refractivity contribution in [2.24, 2.45) is 0 Å². The second kappa shape index (κ2) is 14.5. The highest BCUT2D eigenvalue weighted by Crippen LogP contribution is 2.33. The normalized spacial score (nSPS) is 12.3. The maximum Gasteiger partial charge on any atom is 0.264 e. The number of nitrogens with zero attached hydrogens (tertiary/aromatic N) is 2. The SMILES string of the molecule is Cc1cccc(CN(C(=O)CN(c2cc(Cl)ccc2Cl)S(=O)(=O)c2ccccc2)[C@@H](Cc2ccccc2)C(=O)NC(C)(C)C)c1. The number of amides is 2. The molecule has 0 unspecified atom stereocenters. The highest BCUT2D eigenvalue weighted by molar-refractivity contribution is 7.92. The van der Waals surface area contributed by atoms with Crippen LogP contribution in [0.25, 0.3) is 0 Å². The minimum Gasteiger partial charge on any atom is -0.350 e. The minimum absolute atomic E-state index is 0.0228. The maximum atomic E-state index is 14.6. The molecule has 0 aliphatic heterocycles. The molecule has 0 spiro atoms. The molecule has 0 heterocycles. The molecule has 0 aliphatic carbocycles. The number of nitrogens with one attached hydrogen (secondary N) is 1. The van der Waals surface area contributed by atoms with Crippen LogP contribution >= 0.6 is 23.2 Å². The van der Waals surface area contributed by atoms with E-state index in [1.54, 1.807) is 24.3 Å². The number of anilines is 1. The molecule has 0 aromatic heterocycles. The van der Waals surface area contributed by atoms with Gasteiger partial charge in [0.25, 0.3) is 10.0 Å². The highest BCUT2D eigenvalue weighted by Gasteiger charge is 2.36. The highest BCUT2D eigenvalue weighted by atomic mass is 35.5.